The van der Waals surface area contributed by atoms with Crippen LogP contribution in [-0.2, 0) is 6.54 Å². The van der Waals surface area contributed by atoms with E-state index >= 15 is 0 Å². The quantitative estimate of drug-likeness (QED) is 0.596. The van der Waals surface area contributed by atoms with Crippen molar-refractivity contribution in [3.63, 3.8) is 0 Å². The zero-order valence-electron chi connectivity index (χ0n) is 10.9. The summed E-state index contributed by atoms with van der Waals surface area (Å²) < 4.78 is 1.25. The molecule has 19 heavy (non-hydrogen) atoms. The van der Waals surface area contributed by atoms with Gasteiger partial charge < -0.3 is 15.5 Å². The minimum absolute atomic E-state index is 0.0644. The SMILES string of the molecule is CCCCn1nc(C(=O)NCC(O)CO)ccc1=O. The lowest BCUT2D eigenvalue weighted by Crippen LogP contribution is -2.35. The molecule has 1 aromatic rings. The molecule has 0 saturated carbocycles. The van der Waals surface area contributed by atoms with Crippen LogP contribution in [0.4, 0.5) is 0 Å². The summed E-state index contributed by atoms with van der Waals surface area (Å²) in [7, 11) is 0. The topological polar surface area (TPSA) is 104 Å². The number of unbranched alkanes of at least 4 members (excludes halogenated alkanes) is 1. The van der Waals surface area contributed by atoms with Gasteiger partial charge in [0.05, 0.1) is 12.7 Å². The summed E-state index contributed by atoms with van der Waals surface area (Å²) in [5.41, 5.74) is -0.138. The Morgan fingerprint density at radius 2 is 2.26 bits per heavy atom. The number of rotatable bonds is 7. The average molecular weight is 269 g/mol. The van der Waals surface area contributed by atoms with Gasteiger partial charge in [0.25, 0.3) is 11.5 Å². The number of aromatic nitrogens is 2. The monoisotopic (exact) mass is 269 g/mol. The molecule has 1 rings (SSSR count). The Morgan fingerprint density at radius 1 is 1.53 bits per heavy atom. The molecular weight excluding hydrogens is 250 g/mol. The van der Waals surface area contributed by atoms with Gasteiger partial charge >= 0.3 is 0 Å². The van der Waals surface area contributed by atoms with E-state index in [2.05, 4.69) is 10.4 Å². The predicted molar refractivity (Wildman–Crippen MR) is 68.8 cm³/mol. The highest BCUT2D eigenvalue weighted by Crippen LogP contribution is 1.94. The number of nitrogens with zero attached hydrogens (tertiary/aromatic N) is 2. The molecule has 0 aliphatic heterocycles. The van der Waals surface area contributed by atoms with E-state index < -0.39 is 18.6 Å². The van der Waals surface area contributed by atoms with Crippen molar-refractivity contribution >= 4 is 5.91 Å². The van der Waals surface area contributed by atoms with Crippen LogP contribution in [0.15, 0.2) is 16.9 Å². The molecule has 0 fully saturated rings. The van der Waals surface area contributed by atoms with Gasteiger partial charge in [-0.1, -0.05) is 13.3 Å². The Kier molecular flexibility index (Phi) is 6.17. The van der Waals surface area contributed by atoms with Crippen molar-refractivity contribution in [2.24, 2.45) is 0 Å². The maximum absolute atomic E-state index is 11.7. The van der Waals surface area contributed by atoms with E-state index in [0.717, 1.165) is 12.8 Å². The third kappa shape index (κ3) is 4.80. The van der Waals surface area contributed by atoms with Crippen LogP contribution >= 0.6 is 0 Å². The molecule has 0 aromatic carbocycles. The standard InChI is InChI=1S/C12H19N3O4/c1-2-3-6-15-11(18)5-4-10(14-15)12(19)13-7-9(17)8-16/h4-5,9,16-17H,2-3,6-8H2,1H3,(H,13,19). The molecule has 0 aliphatic rings. The van der Waals surface area contributed by atoms with Crippen LogP contribution in [0.25, 0.3) is 0 Å². The number of hydrogen-bond donors (Lipinski definition) is 3. The van der Waals surface area contributed by atoms with E-state index in [9.17, 15) is 9.59 Å². The van der Waals surface area contributed by atoms with Crippen molar-refractivity contribution in [2.75, 3.05) is 13.2 Å². The number of hydrogen-bond acceptors (Lipinski definition) is 5. The Labute approximate surface area is 110 Å². The summed E-state index contributed by atoms with van der Waals surface area (Å²) in [6.45, 7) is 1.97. The van der Waals surface area contributed by atoms with Gasteiger partial charge in [-0.05, 0) is 12.5 Å². The summed E-state index contributed by atoms with van der Waals surface area (Å²) in [4.78, 5) is 23.2. The summed E-state index contributed by atoms with van der Waals surface area (Å²) in [6, 6.07) is 2.63. The second kappa shape index (κ2) is 7.65. The molecule has 1 unspecified atom stereocenters. The van der Waals surface area contributed by atoms with Gasteiger partial charge in [0, 0.05) is 19.2 Å². The fourth-order valence-electron chi connectivity index (χ4n) is 1.40. The highest BCUT2D eigenvalue weighted by atomic mass is 16.3. The lowest BCUT2D eigenvalue weighted by Gasteiger charge is -2.09. The number of aliphatic hydroxyl groups excluding tert-OH is 2. The molecule has 0 aliphatic carbocycles. The number of aliphatic hydroxyl groups is 2. The molecule has 106 valence electrons. The van der Waals surface area contributed by atoms with Gasteiger partial charge in [-0.3, -0.25) is 9.59 Å². The number of aryl methyl sites for hydroxylation is 1. The van der Waals surface area contributed by atoms with E-state index in [1.807, 2.05) is 6.92 Å². The van der Waals surface area contributed by atoms with Gasteiger partial charge in [-0.2, -0.15) is 5.10 Å². The molecule has 0 bridgehead atoms. The molecule has 1 aromatic heterocycles. The Bertz CT molecular complexity index is 472. The van der Waals surface area contributed by atoms with Crippen LogP contribution in [0.3, 0.4) is 0 Å². The largest absolute Gasteiger partial charge is 0.394 e. The van der Waals surface area contributed by atoms with Crippen LogP contribution < -0.4 is 10.9 Å². The molecule has 0 spiro atoms. The summed E-state index contributed by atoms with van der Waals surface area (Å²) in [5, 5.41) is 24.1. The number of nitrogens with one attached hydrogen (secondary N) is 1. The van der Waals surface area contributed by atoms with Crippen molar-refractivity contribution in [1.29, 1.82) is 0 Å². The summed E-state index contributed by atoms with van der Waals surface area (Å²) in [6.07, 6.45) is 0.726. The fraction of sp³-hybridized carbons (Fsp3) is 0.583. The normalized spacial score (nSPS) is 12.2. The third-order valence-corrected chi connectivity index (χ3v) is 2.53. The van der Waals surface area contributed by atoms with E-state index in [1.165, 1.54) is 16.8 Å². The lowest BCUT2D eigenvalue weighted by atomic mass is 10.3. The van der Waals surface area contributed by atoms with Gasteiger partial charge in [0.1, 0.15) is 5.69 Å². The van der Waals surface area contributed by atoms with Gasteiger partial charge in [0.2, 0.25) is 0 Å². The van der Waals surface area contributed by atoms with Crippen molar-refractivity contribution in [1.82, 2.24) is 15.1 Å². The highest BCUT2D eigenvalue weighted by Gasteiger charge is 2.11. The fourth-order valence-corrected chi connectivity index (χ4v) is 1.40. The molecule has 1 amide bonds. The molecule has 7 nitrogen and oxygen atoms in total. The van der Waals surface area contributed by atoms with Gasteiger partial charge in [-0.25, -0.2) is 4.68 Å². The van der Waals surface area contributed by atoms with Crippen LogP contribution in [0.2, 0.25) is 0 Å². The average Bonchev–Trinajstić information content (AvgIpc) is 2.43. The minimum Gasteiger partial charge on any atom is -0.394 e. The Morgan fingerprint density at radius 3 is 2.89 bits per heavy atom. The second-order valence-electron chi connectivity index (χ2n) is 4.18. The zero-order valence-corrected chi connectivity index (χ0v) is 10.9. The van der Waals surface area contributed by atoms with Crippen molar-refractivity contribution in [3.8, 4) is 0 Å². The van der Waals surface area contributed by atoms with E-state index in [-0.39, 0.29) is 17.8 Å². The first-order valence-corrected chi connectivity index (χ1v) is 6.23. The highest BCUT2D eigenvalue weighted by molar-refractivity contribution is 5.91. The first-order valence-electron chi connectivity index (χ1n) is 6.23. The number of amides is 1. The molecule has 3 N–H and O–H groups in total. The first kappa shape index (κ1) is 15.3. The minimum atomic E-state index is -1.00. The van der Waals surface area contributed by atoms with Crippen LogP contribution in [0.1, 0.15) is 30.3 Å². The second-order valence-corrected chi connectivity index (χ2v) is 4.18. The van der Waals surface area contributed by atoms with E-state index in [4.69, 9.17) is 10.2 Å². The number of carbonyl (C=O) groups is 1. The third-order valence-electron chi connectivity index (χ3n) is 2.53. The maximum atomic E-state index is 11.7. The smallest absolute Gasteiger partial charge is 0.271 e. The lowest BCUT2D eigenvalue weighted by molar-refractivity contribution is 0.0797. The molecule has 1 heterocycles. The Balaban J connectivity index is 2.72. The first-order chi connectivity index (χ1) is 9.08. The molecular formula is C12H19N3O4. The number of carbonyl (C=O) groups excluding carboxylic acids is 1. The van der Waals surface area contributed by atoms with Crippen molar-refractivity contribution < 1.29 is 15.0 Å². The molecule has 0 radical (unpaired) electrons. The Hall–Kier alpha value is -1.73. The van der Waals surface area contributed by atoms with Crippen molar-refractivity contribution in [2.45, 2.75) is 32.4 Å². The molecule has 1 atom stereocenters. The summed E-state index contributed by atoms with van der Waals surface area (Å²) in [5.74, 6) is -0.488. The van der Waals surface area contributed by atoms with Crippen LogP contribution in [0.5, 0.6) is 0 Å². The van der Waals surface area contributed by atoms with Crippen LogP contribution in [0, 0.1) is 0 Å². The van der Waals surface area contributed by atoms with E-state index in [1.54, 1.807) is 0 Å². The predicted octanol–water partition coefficient (Wildman–Crippen LogP) is -0.874. The van der Waals surface area contributed by atoms with Crippen LogP contribution in [-0.4, -0.2) is 45.2 Å². The van der Waals surface area contributed by atoms with E-state index in [0.29, 0.717) is 6.54 Å². The molecule has 0 saturated heterocycles. The summed E-state index contributed by atoms with van der Waals surface area (Å²) >= 11 is 0. The van der Waals surface area contributed by atoms with Crippen molar-refractivity contribution in [3.05, 3.63) is 28.2 Å². The zero-order chi connectivity index (χ0) is 14.3. The maximum Gasteiger partial charge on any atom is 0.271 e. The van der Waals surface area contributed by atoms with Gasteiger partial charge in [-0.15, -0.1) is 0 Å². The van der Waals surface area contributed by atoms with Gasteiger partial charge in [0.15, 0.2) is 0 Å². The molecule has 7 heteroatoms.